The first-order chi connectivity index (χ1) is 15.8. The van der Waals surface area contributed by atoms with E-state index in [1.54, 1.807) is 4.90 Å². The number of halogens is 2. The van der Waals surface area contributed by atoms with Crippen molar-refractivity contribution in [2.45, 2.75) is 63.3 Å². The van der Waals surface area contributed by atoms with Crippen LogP contribution in [0.5, 0.6) is 0 Å². The molecule has 1 aromatic rings. The number of imide groups is 1. The summed E-state index contributed by atoms with van der Waals surface area (Å²) in [7, 11) is 0. The topological polar surface area (TPSA) is 87.7 Å². The van der Waals surface area contributed by atoms with Crippen molar-refractivity contribution in [3.05, 3.63) is 29.3 Å². The lowest BCUT2D eigenvalue weighted by Crippen LogP contribution is -2.45. The highest BCUT2D eigenvalue weighted by Crippen LogP contribution is 2.58. The molecule has 0 aromatic heterocycles. The average Bonchev–Trinajstić information content (AvgIpc) is 3.15. The van der Waals surface area contributed by atoms with Crippen molar-refractivity contribution in [1.82, 2.24) is 10.6 Å². The van der Waals surface area contributed by atoms with Crippen molar-refractivity contribution in [3.8, 4) is 0 Å². The Morgan fingerprint density at radius 2 is 1.91 bits per heavy atom. The standard InChI is InChI=1S/C24H29F2N3O4/c25-18-8-16(9-19(26)21(18)17-2-3-20(30)28-22(17)31)29-7-4-15(12-29)27-23(32)33-13-14-10-24(11-14)5-1-6-24/h8-9,14-15,17H,1-7,10-13H2,(H,27,32)(H,28,30,31)/t15-,17?/m0/s1. The highest BCUT2D eigenvalue weighted by atomic mass is 19.1. The molecule has 2 saturated carbocycles. The van der Waals surface area contributed by atoms with Crippen molar-refractivity contribution in [2.75, 3.05) is 24.6 Å². The number of hydrogen-bond acceptors (Lipinski definition) is 5. The zero-order chi connectivity index (χ0) is 23.2. The summed E-state index contributed by atoms with van der Waals surface area (Å²) in [4.78, 5) is 37.3. The van der Waals surface area contributed by atoms with Gasteiger partial charge in [-0.05, 0) is 62.0 Å². The summed E-state index contributed by atoms with van der Waals surface area (Å²) in [6.45, 7) is 1.40. The largest absolute Gasteiger partial charge is 0.449 e. The van der Waals surface area contributed by atoms with Gasteiger partial charge in [0.2, 0.25) is 11.8 Å². The number of nitrogens with one attached hydrogen (secondary N) is 2. The molecular weight excluding hydrogens is 432 g/mol. The second kappa shape index (κ2) is 8.57. The molecule has 33 heavy (non-hydrogen) atoms. The predicted molar refractivity (Wildman–Crippen MR) is 116 cm³/mol. The van der Waals surface area contributed by atoms with Gasteiger partial charge in [0.15, 0.2) is 0 Å². The number of ether oxygens (including phenoxy) is 1. The summed E-state index contributed by atoms with van der Waals surface area (Å²) in [6.07, 6.45) is 6.58. The quantitative estimate of drug-likeness (QED) is 0.657. The van der Waals surface area contributed by atoms with E-state index in [1.165, 1.54) is 31.4 Å². The van der Waals surface area contributed by atoms with E-state index in [0.29, 0.717) is 43.1 Å². The van der Waals surface area contributed by atoms with Gasteiger partial charge in [-0.1, -0.05) is 6.42 Å². The van der Waals surface area contributed by atoms with Crippen LogP contribution in [-0.4, -0.2) is 43.6 Å². The number of nitrogens with zero attached hydrogens (tertiary/aromatic N) is 1. The Morgan fingerprint density at radius 3 is 2.55 bits per heavy atom. The third-order valence-electron chi connectivity index (χ3n) is 7.83. The highest BCUT2D eigenvalue weighted by molar-refractivity contribution is 6.01. The Balaban J connectivity index is 1.13. The molecule has 4 aliphatic rings. The lowest BCUT2D eigenvalue weighted by molar-refractivity contribution is -0.134. The first kappa shape index (κ1) is 22.1. The smallest absolute Gasteiger partial charge is 0.407 e. The number of benzene rings is 1. The molecule has 2 saturated heterocycles. The molecule has 2 heterocycles. The predicted octanol–water partition coefficient (Wildman–Crippen LogP) is 3.37. The Morgan fingerprint density at radius 1 is 1.18 bits per heavy atom. The summed E-state index contributed by atoms with van der Waals surface area (Å²) >= 11 is 0. The normalized spacial score (nSPS) is 26.5. The Labute approximate surface area is 191 Å². The molecule has 2 aliphatic carbocycles. The van der Waals surface area contributed by atoms with Crippen molar-refractivity contribution < 1.29 is 27.9 Å². The monoisotopic (exact) mass is 461 g/mol. The van der Waals surface area contributed by atoms with Gasteiger partial charge in [-0.2, -0.15) is 0 Å². The maximum Gasteiger partial charge on any atom is 0.407 e. The number of rotatable bonds is 5. The lowest BCUT2D eigenvalue weighted by atomic mass is 9.52. The van der Waals surface area contributed by atoms with Crippen molar-refractivity contribution in [3.63, 3.8) is 0 Å². The minimum Gasteiger partial charge on any atom is -0.449 e. The Kier molecular flexibility index (Phi) is 5.74. The van der Waals surface area contributed by atoms with Crippen LogP contribution in [-0.2, 0) is 14.3 Å². The first-order valence-corrected chi connectivity index (χ1v) is 11.8. The van der Waals surface area contributed by atoms with Gasteiger partial charge in [-0.3, -0.25) is 14.9 Å². The summed E-state index contributed by atoms with van der Waals surface area (Å²) < 4.78 is 35.0. The molecule has 1 spiro atoms. The second-order valence-electron chi connectivity index (χ2n) is 10.1. The number of hydrogen-bond donors (Lipinski definition) is 2. The molecule has 5 rings (SSSR count). The third kappa shape index (κ3) is 4.42. The number of carbonyl (C=O) groups is 3. The van der Waals surface area contributed by atoms with Gasteiger partial charge in [-0.15, -0.1) is 0 Å². The Hall–Kier alpha value is -2.71. The van der Waals surface area contributed by atoms with E-state index in [2.05, 4.69) is 10.6 Å². The first-order valence-electron chi connectivity index (χ1n) is 11.8. The SMILES string of the molecule is O=C1CCC(c2c(F)cc(N3CC[C@H](NC(=O)OCC4CC5(CCC5)C4)C3)cc2F)C(=O)N1. The maximum absolute atomic E-state index is 14.8. The second-order valence-corrected chi connectivity index (χ2v) is 10.1. The van der Waals surface area contributed by atoms with Crippen LogP contribution in [0.3, 0.4) is 0 Å². The molecule has 3 amide bonds. The zero-order valence-electron chi connectivity index (χ0n) is 18.5. The number of alkyl carbamates (subject to hydrolysis) is 1. The van der Waals surface area contributed by atoms with E-state index in [4.69, 9.17) is 4.74 Å². The van der Waals surface area contributed by atoms with E-state index in [9.17, 15) is 23.2 Å². The van der Waals surface area contributed by atoms with Crippen LogP contribution in [0.1, 0.15) is 62.8 Å². The minimum absolute atomic E-state index is 0.0498. The van der Waals surface area contributed by atoms with E-state index in [0.717, 1.165) is 12.8 Å². The summed E-state index contributed by atoms with van der Waals surface area (Å²) in [5, 5.41) is 4.99. The van der Waals surface area contributed by atoms with Crippen LogP contribution >= 0.6 is 0 Å². The summed E-state index contributed by atoms with van der Waals surface area (Å²) in [5.41, 5.74) is 0.606. The van der Waals surface area contributed by atoms with E-state index < -0.39 is 35.5 Å². The van der Waals surface area contributed by atoms with E-state index >= 15 is 0 Å². The van der Waals surface area contributed by atoms with Crippen LogP contribution in [0, 0.1) is 23.0 Å². The molecule has 2 N–H and O–H groups in total. The lowest BCUT2D eigenvalue weighted by Gasteiger charge is -2.54. The molecule has 7 nitrogen and oxygen atoms in total. The van der Waals surface area contributed by atoms with E-state index in [-0.39, 0.29) is 24.4 Å². The minimum atomic E-state index is -1.02. The number of amides is 3. The van der Waals surface area contributed by atoms with Crippen LogP contribution < -0.4 is 15.5 Å². The van der Waals surface area contributed by atoms with Gasteiger partial charge in [0, 0.05) is 30.8 Å². The Bertz CT molecular complexity index is 949. The number of piperidine rings is 1. The van der Waals surface area contributed by atoms with Gasteiger partial charge in [0.25, 0.3) is 0 Å². The fourth-order valence-corrected chi connectivity index (χ4v) is 5.94. The highest BCUT2D eigenvalue weighted by Gasteiger charge is 2.48. The van der Waals surface area contributed by atoms with Crippen LogP contribution in [0.25, 0.3) is 0 Å². The van der Waals surface area contributed by atoms with Crippen molar-refractivity contribution >= 4 is 23.6 Å². The molecule has 1 unspecified atom stereocenters. The summed E-state index contributed by atoms with van der Waals surface area (Å²) in [5.74, 6) is -3.28. The van der Waals surface area contributed by atoms with Gasteiger partial charge >= 0.3 is 6.09 Å². The molecule has 178 valence electrons. The molecule has 2 atom stereocenters. The molecule has 0 bridgehead atoms. The maximum atomic E-state index is 14.8. The number of carbonyl (C=O) groups excluding carboxylic acids is 3. The molecule has 9 heteroatoms. The zero-order valence-corrected chi connectivity index (χ0v) is 18.5. The van der Waals surface area contributed by atoms with Crippen LogP contribution in [0.2, 0.25) is 0 Å². The average molecular weight is 462 g/mol. The van der Waals surface area contributed by atoms with Gasteiger partial charge in [0.05, 0.1) is 18.6 Å². The van der Waals surface area contributed by atoms with Crippen LogP contribution in [0.4, 0.5) is 19.3 Å². The molecule has 2 aliphatic heterocycles. The van der Waals surface area contributed by atoms with Gasteiger partial charge in [-0.25, -0.2) is 13.6 Å². The van der Waals surface area contributed by atoms with Crippen molar-refractivity contribution in [1.29, 1.82) is 0 Å². The van der Waals surface area contributed by atoms with Gasteiger partial charge in [0.1, 0.15) is 11.6 Å². The van der Waals surface area contributed by atoms with Gasteiger partial charge < -0.3 is 15.0 Å². The molecular formula is C24H29F2N3O4. The van der Waals surface area contributed by atoms with Crippen LogP contribution in [0.15, 0.2) is 12.1 Å². The fourth-order valence-electron chi connectivity index (χ4n) is 5.94. The molecule has 0 radical (unpaired) electrons. The fraction of sp³-hybridized carbons (Fsp3) is 0.625. The summed E-state index contributed by atoms with van der Waals surface area (Å²) in [6, 6.07) is 2.27. The number of anilines is 1. The third-order valence-corrected chi connectivity index (χ3v) is 7.83. The molecule has 4 fully saturated rings. The molecule has 1 aromatic carbocycles. The van der Waals surface area contributed by atoms with Crippen molar-refractivity contribution in [2.24, 2.45) is 11.3 Å². The van der Waals surface area contributed by atoms with E-state index in [1.807, 2.05) is 0 Å².